The Morgan fingerprint density at radius 2 is 1.95 bits per heavy atom. The summed E-state index contributed by atoms with van der Waals surface area (Å²) < 4.78 is 38.8. The van der Waals surface area contributed by atoms with Gasteiger partial charge in [0.15, 0.2) is 0 Å². The monoisotopic (exact) mass is 364 g/mol. The first kappa shape index (κ1) is 15.1. The maximum Gasteiger partial charge on any atom is 0.416 e. The van der Waals surface area contributed by atoms with Crippen molar-refractivity contribution in [3.63, 3.8) is 0 Å². The van der Waals surface area contributed by atoms with Crippen molar-refractivity contribution in [2.45, 2.75) is 13.1 Å². The van der Waals surface area contributed by atoms with Crippen LogP contribution in [0.5, 0.6) is 0 Å². The number of aryl methyl sites for hydroxylation is 1. The van der Waals surface area contributed by atoms with Crippen LogP contribution in [0.1, 0.15) is 11.1 Å². The fourth-order valence-electron chi connectivity index (χ4n) is 1.60. The van der Waals surface area contributed by atoms with Gasteiger partial charge in [-0.2, -0.15) is 13.2 Å². The van der Waals surface area contributed by atoms with Gasteiger partial charge in [-0.15, -0.1) is 0 Å². The van der Waals surface area contributed by atoms with Gasteiger partial charge < -0.3 is 5.32 Å². The molecule has 2 aromatic rings. The molecule has 1 heterocycles. The van der Waals surface area contributed by atoms with Crippen LogP contribution in [0, 0.1) is 6.92 Å². The topological polar surface area (TPSA) is 24.9 Å². The standard InChI is InChI=1S/C13H9BrClF3N2/c1-7-4-9(14)6-19-12(7)20-11-5-8(13(16,17)18)2-3-10(11)15/h2-6H,1H3,(H,19,20). The van der Waals surface area contributed by atoms with Gasteiger partial charge in [0.05, 0.1) is 16.3 Å². The van der Waals surface area contributed by atoms with E-state index in [9.17, 15) is 13.2 Å². The van der Waals surface area contributed by atoms with Crippen molar-refractivity contribution in [3.8, 4) is 0 Å². The molecule has 0 spiro atoms. The Kier molecular flexibility index (Phi) is 4.25. The Hall–Kier alpha value is -1.27. The van der Waals surface area contributed by atoms with E-state index in [0.29, 0.717) is 5.82 Å². The number of aromatic nitrogens is 1. The molecule has 0 saturated carbocycles. The summed E-state index contributed by atoms with van der Waals surface area (Å²) in [6, 6.07) is 4.92. The summed E-state index contributed by atoms with van der Waals surface area (Å²) in [4.78, 5) is 4.11. The van der Waals surface area contributed by atoms with Gasteiger partial charge in [0, 0.05) is 10.7 Å². The number of nitrogens with zero attached hydrogens (tertiary/aromatic N) is 1. The summed E-state index contributed by atoms with van der Waals surface area (Å²) in [6.07, 6.45) is -2.86. The summed E-state index contributed by atoms with van der Waals surface area (Å²) in [5.41, 5.74) is 0.187. The number of alkyl halides is 3. The smallest absolute Gasteiger partial charge is 0.339 e. The second-order valence-corrected chi connectivity index (χ2v) is 5.46. The number of halogens is 5. The van der Waals surface area contributed by atoms with E-state index in [1.54, 1.807) is 19.2 Å². The fourth-order valence-corrected chi connectivity index (χ4v) is 2.21. The van der Waals surface area contributed by atoms with Gasteiger partial charge in [-0.25, -0.2) is 4.98 Å². The third kappa shape index (κ3) is 3.43. The van der Waals surface area contributed by atoms with Crippen LogP contribution >= 0.6 is 27.5 Å². The van der Waals surface area contributed by atoms with Crippen LogP contribution in [0.15, 0.2) is 34.9 Å². The van der Waals surface area contributed by atoms with Crippen LogP contribution < -0.4 is 5.32 Å². The predicted molar refractivity (Wildman–Crippen MR) is 76.4 cm³/mol. The molecule has 1 N–H and O–H groups in total. The number of benzene rings is 1. The molecule has 20 heavy (non-hydrogen) atoms. The van der Waals surface area contributed by atoms with Gasteiger partial charge in [0.25, 0.3) is 0 Å². The third-order valence-corrected chi connectivity index (χ3v) is 3.35. The molecule has 2 rings (SSSR count). The van der Waals surface area contributed by atoms with Gasteiger partial charge in [-0.05, 0) is 52.7 Å². The van der Waals surface area contributed by atoms with E-state index in [1.165, 1.54) is 6.07 Å². The molecule has 1 aromatic carbocycles. The Morgan fingerprint density at radius 1 is 1.25 bits per heavy atom. The zero-order valence-corrected chi connectivity index (χ0v) is 12.6. The lowest BCUT2D eigenvalue weighted by Gasteiger charge is -2.13. The molecule has 106 valence electrons. The van der Waals surface area contributed by atoms with Gasteiger partial charge in [0.2, 0.25) is 0 Å². The molecule has 0 atom stereocenters. The molecule has 0 saturated heterocycles. The number of nitrogens with one attached hydrogen (secondary N) is 1. The van der Waals surface area contributed by atoms with Crippen LogP contribution in [-0.4, -0.2) is 4.98 Å². The molecule has 0 bridgehead atoms. The first-order valence-corrected chi connectivity index (χ1v) is 6.70. The van der Waals surface area contributed by atoms with Crippen molar-refractivity contribution in [2.24, 2.45) is 0 Å². The molecule has 0 aliphatic carbocycles. The molecule has 7 heteroatoms. The second-order valence-electron chi connectivity index (χ2n) is 4.14. The van der Waals surface area contributed by atoms with Crippen LogP contribution in [0.4, 0.5) is 24.7 Å². The normalized spacial score (nSPS) is 11.5. The lowest BCUT2D eigenvalue weighted by Crippen LogP contribution is -2.06. The van der Waals surface area contributed by atoms with Gasteiger partial charge in [-0.1, -0.05) is 11.6 Å². The van der Waals surface area contributed by atoms with E-state index in [4.69, 9.17) is 11.6 Å². The summed E-state index contributed by atoms with van der Waals surface area (Å²) in [5.74, 6) is 0.453. The van der Waals surface area contributed by atoms with E-state index in [1.807, 2.05) is 0 Å². The van der Waals surface area contributed by atoms with Crippen molar-refractivity contribution < 1.29 is 13.2 Å². The average molecular weight is 366 g/mol. The number of pyridine rings is 1. The summed E-state index contributed by atoms with van der Waals surface area (Å²) in [6.45, 7) is 1.79. The number of hydrogen-bond donors (Lipinski definition) is 1. The zero-order valence-electron chi connectivity index (χ0n) is 10.2. The quantitative estimate of drug-likeness (QED) is 0.753. The minimum absolute atomic E-state index is 0.166. The minimum Gasteiger partial charge on any atom is -0.339 e. The summed E-state index contributed by atoms with van der Waals surface area (Å²) in [5, 5.41) is 3.01. The molecule has 0 amide bonds. The first-order chi connectivity index (χ1) is 9.27. The first-order valence-electron chi connectivity index (χ1n) is 5.53. The zero-order chi connectivity index (χ0) is 14.9. The highest BCUT2D eigenvalue weighted by Crippen LogP contribution is 2.35. The highest BCUT2D eigenvalue weighted by Gasteiger charge is 2.31. The molecular formula is C13H9BrClF3N2. The molecule has 0 unspecified atom stereocenters. The fraction of sp³-hybridized carbons (Fsp3) is 0.154. The SMILES string of the molecule is Cc1cc(Br)cnc1Nc1cc(C(F)(F)F)ccc1Cl. The third-order valence-electron chi connectivity index (χ3n) is 2.59. The van der Waals surface area contributed by atoms with E-state index in [-0.39, 0.29) is 10.7 Å². The lowest BCUT2D eigenvalue weighted by atomic mass is 10.2. The van der Waals surface area contributed by atoms with Crippen LogP contribution in [0.25, 0.3) is 0 Å². The second kappa shape index (κ2) is 5.61. The van der Waals surface area contributed by atoms with Crippen molar-refractivity contribution >= 4 is 39.0 Å². The molecule has 0 fully saturated rings. The van der Waals surface area contributed by atoms with E-state index in [2.05, 4.69) is 26.2 Å². The Bertz CT molecular complexity index is 644. The van der Waals surface area contributed by atoms with Crippen LogP contribution in [0.2, 0.25) is 5.02 Å². The van der Waals surface area contributed by atoms with E-state index >= 15 is 0 Å². The number of hydrogen-bond acceptors (Lipinski definition) is 2. The minimum atomic E-state index is -4.41. The van der Waals surface area contributed by atoms with Gasteiger partial charge in [-0.3, -0.25) is 0 Å². The van der Waals surface area contributed by atoms with Crippen molar-refractivity contribution in [1.82, 2.24) is 4.98 Å². The molecular weight excluding hydrogens is 357 g/mol. The Labute approximate surface area is 127 Å². The molecule has 1 aromatic heterocycles. The highest BCUT2D eigenvalue weighted by atomic mass is 79.9. The average Bonchev–Trinajstić information content (AvgIpc) is 2.33. The van der Waals surface area contributed by atoms with Gasteiger partial charge in [0.1, 0.15) is 5.82 Å². The maximum atomic E-state index is 12.7. The van der Waals surface area contributed by atoms with Crippen molar-refractivity contribution in [3.05, 3.63) is 51.1 Å². The predicted octanol–water partition coefficient (Wildman–Crippen LogP) is 5.57. The maximum absolute atomic E-state index is 12.7. The van der Waals surface area contributed by atoms with Crippen LogP contribution in [0.3, 0.4) is 0 Å². The summed E-state index contributed by atoms with van der Waals surface area (Å²) >= 11 is 9.18. The Morgan fingerprint density at radius 3 is 2.55 bits per heavy atom. The molecule has 0 radical (unpaired) electrons. The van der Waals surface area contributed by atoms with Crippen molar-refractivity contribution in [1.29, 1.82) is 0 Å². The largest absolute Gasteiger partial charge is 0.416 e. The number of rotatable bonds is 2. The molecule has 0 aliphatic rings. The molecule has 0 aliphatic heterocycles. The van der Waals surface area contributed by atoms with Crippen LogP contribution in [-0.2, 0) is 6.18 Å². The molecule has 2 nitrogen and oxygen atoms in total. The van der Waals surface area contributed by atoms with Crippen molar-refractivity contribution in [2.75, 3.05) is 5.32 Å². The van der Waals surface area contributed by atoms with Gasteiger partial charge >= 0.3 is 6.18 Å². The summed E-state index contributed by atoms with van der Waals surface area (Å²) in [7, 11) is 0. The lowest BCUT2D eigenvalue weighted by molar-refractivity contribution is -0.137. The number of anilines is 2. The Balaban J connectivity index is 2.38. The highest BCUT2D eigenvalue weighted by molar-refractivity contribution is 9.10. The van der Waals surface area contributed by atoms with E-state index in [0.717, 1.165) is 22.2 Å². The van der Waals surface area contributed by atoms with E-state index < -0.39 is 11.7 Å².